The molecular weight excluding hydrogens is 548 g/mol. The monoisotopic (exact) mass is 598 g/mol. The number of guanidine groups is 1. The van der Waals surface area contributed by atoms with Crippen LogP contribution in [0.1, 0.15) is 97.8 Å². The SMILES string of the molecule is CCCCCCCC(=O)OC[C@@H](OC(=O)CCCCCCC)[C@@H](OC)[C@@H]1OC(C(=O)O)=C[C@H](N=C(N)N)[C@H]1NC(C)=O. The number of carboxylic acids is 1. The van der Waals surface area contributed by atoms with E-state index in [1.165, 1.54) is 20.1 Å². The Bertz CT molecular complexity index is 921. The molecular formula is C29H50N4O9. The maximum Gasteiger partial charge on any atom is 0.370 e. The molecule has 0 saturated carbocycles. The van der Waals surface area contributed by atoms with Crippen molar-refractivity contribution in [1.29, 1.82) is 0 Å². The smallest absolute Gasteiger partial charge is 0.370 e. The lowest BCUT2D eigenvalue weighted by Crippen LogP contribution is -2.61. The van der Waals surface area contributed by atoms with Gasteiger partial charge < -0.3 is 40.8 Å². The number of nitrogens with zero attached hydrogens (tertiary/aromatic N) is 1. The number of nitrogens with two attached hydrogens (primary N) is 2. The molecule has 42 heavy (non-hydrogen) atoms. The Morgan fingerprint density at radius 2 is 1.55 bits per heavy atom. The van der Waals surface area contributed by atoms with Gasteiger partial charge in [0.1, 0.15) is 12.7 Å². The minimum absolute atomic E-state index is 0.138. The maximum atomic E-state index is 12.9. The van der Waals surface area contributed by atoms with Crippen LogP contribution in [0.5, 0.6) is 0 Å². The zero-order chi connectivity index (χ0) is 31.5. The van der Waals surface area contributed by atoms with Crippen LogP contribution in [0.15, 0.2) is 16.8 Å². The number of hydrogen-bond donors (Lipinski definition) is 4. The van der Waals surface area contributed by atoms with E-state index in [1.54, 1.807) is 0 Å². The van der Waals surface area contributed by atoms with E-state index in [0.717, 1.165) is 51.4 Å². The van der Waals surface area contributed by atoms with Gasteiger partial charge in [0, 0.05) is 26.9 Å². The van der Waals surface area contributed by atoms with Crippen molar-refractivity contribution in [3.63, 3.8) is 0 Å². The Hall–Kier alpha value is -3.35. The summed E-state index contributed by atoms with van der Waals surface area (Å²) in [4.78, 5) is 53.5. The number of esters is 2. The maximum absolute atomic E-state index is 12.9. The van der Waals surface area contributed by atoms with Crippen molar-refractivity contribution in [2.75, 3.05) is 13.7 Å². The van der Waals surface area contributed by atoms with E-state index < -0.39 is 60.0 Å². The summed E-state index contributed by atoms with van der Waals surface area (Å²) in [6.45, 7) is 5.11. The van der Waals surface area contributed by atoms with Crippen LogP contribution < -0.4 is 16.8 Å². The van der Waals surface area contributed by atoms with Crippen LogP contribution >= 0.6 is 0 Å². The summed E-state index contributed by atoms with van der Waals surface area (Å²) in [5.74, 6) is -3.69. The third-order valence-corrected chi connectivity index (χ3v) is 6.81. The quantitative estimate of drug-likeness (QED) is 0.0655. The molecule has 0 aromatic carbocycles. The largest absolute Gasteiger partial charge is 0.478 e. The number of aliphatic carboxylic acids is 1. The Labute approximate surface area is 248 Å². The number of carboxylic acid groups (broad SMARTS) is 1. The van der Waals surface area contributed by atoms with Crippen LogP contribution in [-0.4, -0.2) is 79.0 Å². The molecule has 240 valence electrons. The second-order valence-corrected chi connectivity index (χ2v) is 10.4. The Balaban J connectivity index is 3.23. The van der Waals surface area contributed by atoms with Gasteiger partial charge in [-0.25, -0.2) is 9.79 Å². The van der Waals surface area contributed by atoms with Gasteiger partial charge >= 0.3 is 17.9 Å². The van der Waals surface area contributed by atoms with Crippen LogP contribution in [0.2, 0.25) is 0 Å². The minimum Gasteiger partial charge on any atom is -0.478 e. The highest BCUT2D eigenvalue weighted by Crippen LogP contribution is 2.27. The molecule has 6 N–H and O–H groups in total. The van der Waals surface area contributed by atoms with Gasteiger partial charge in [0.2, 0.25) is 11.7 Å². The van der Waals surface area contributed by atoms with E-state index in [9.17, 15) is 24.3 Å². The molecule has 0 unspecified atom stereocenters. The molecule has 13 heteroatoms. The van der Waals surface area contributed by atoms with Crippen molar-refractivity contribution in [2.45, 2.75) is 128 Å². The fourth-order valence-corrected chi connectivity index (χ4v) is 4.71. The third kappa shape index (κ3) is 14.0. The van der Waals surface area contributed by atoms with Gasteiger partial charge in [0.05, 0.1) is 12.1 Å². The normalized spacial score (nSPS) is 19.4. The van der Waals surface area contributed by atoms with E-state index >= 15 is 0 Å². The zero-order valence-corrected chi connectivity index (χ0v) is 25.5. The number of rotatable bonds is 21. The average molecular weight is 599 g/mol. The van der Waals surface area contributed by atoms with E-state index in [-0.39, 0.29) is 25.4 Å². The molecule has 1 rings (SSSR count). The second kappa shape index (κ2) is 20.5. The van der Waals surface area contributed by atoms with Gasteiger partial charge in [-0.15, -0.1) is 0 Å². The number of carbonyl (C=O) groups excluding carboxylic acids is 3. The van der Waals surface area contributed by atoms with E-state index in [0.29, 0.717) is 12.8 Å². The van der Waals surface area contributed by atoms with Crippen LogP contribution in [0.25, 0.3) is 0 Å². The van der Waals surface area contributed by atoms with Gasteiger partial charge in [-0.3, -0.25) is 14.4 Å². The van der Waals surface area contributed by atoms with Crippen molar-refractivity contribution in [2.24, 2.45) is 16.5 Å². The number of ether oxygens (including phenoxy) is 4. The van der Waals surface area contributed by atoms with Crippen LogP contribution in [0, 0.1) is 0 Å². The van der Waals surface area contributed by atoms with Gasteiger partial charge in [-0.1, -0.05) is 65.2 Å². The molecule has 0 aromatic heterocycles. The van der Waals surface area contributed by atoms with Crippen molar-refractivity contribution < 1.29 is 43.2 Å². The fraction of sp³-hybridized carbons (Fsp3) is 0.759. The van der Waals surface area contributed by atoms with Gasteiger partial charge in [0.15, 0.2) is 18.2 Å². The van der Waals surface area contributed by atoms with Gasteiger partial charge in [-0.2, -0.15) is 0 Å². The molecule has 0 radical (unpaired) electrons. The summed E-state index contributed by atoms with van der Waals surface area (Å²) in [6.07, 6.45) is 7.27. The molecule has 0 aliphatic carbocycles. The Morgan fingerprint density at radius 3 is 2.05 bits per heavy atom. The topological polar surface area (TPSA) is 202 Å². The molecule has 0 aromatic rings. The molecule has 0 bridgehead atoms. The zero-order valence-electron chi connectivity index (χ0n) is 25.5. The number of aliphatic imine (C=N–C) groups is 1. The van der Waals surface area contributed by atoms with E-state index in [1.807, 2.05) is 0 Å². The molecule has 0 saturated heterocycles. The van der Waals surface area contributed by atoms with E-state index in [4.69, 9.17) is 30.4 Å². The molecule has 1 aliphatic heterocycles. The Kier molecular flexibility index (Phi) is 17.9. The first kappa shape index (κ1) is 36.7. The van der Waals surface area contributed by atoms with Crippen molar-refractivity contribution in [3.05, 3.63) is 11.8 Å². The summed E-state index contributed by atoms with van der Waals surface area (Å²) in [6, 6.07) is -2.05. The third-order valence-electron chi connectivity index (χ3n) is 6.81. The summed E-state index contributed by atoms with van der Waals surface area (Å²) < 4.78 is 22.7. The lowest BCUT2D eigenvalue weighted by molar-refractivity contribution is -0.180. The van der Waals surface area contributed by atoms with Crippen LogP contribution in [0.4, 0.5) is 0 Å². The second-order valence-electron chi connectivity index (χ2n) is 10.4. The highest BCUT2D eigenvalue weighted by Gasteiger charge is 2.46. The summed E-state index contributed by atoms with van der Waals surface area (Å²) in [5.41, 5.74) is 11.2. The molecule has 0 fully saturated rings. The number of carbonyl (C=O) groups is 4. The molecule has 1 heterocycles. The predicted molar refractivity (Wildman–Crippen MR) is 156 cm³/mol. The molecule has 1 amide bonds. The van der Waals surface area contributed by atoms with Crippen molar-refractivity contribution >= 4 is 29.8 Å². The molecule has 13 nitrogen and oxygen atoms in total. The van der Waals surface area contributed by atoms with Crippen molar-refractivity contribution in [3.8, 4) is 0 Å². The lowest BCUT2D eigenvalue weighted by atomic mass is 9.92. The van der Waals surface area contributed by atoms with Gasteiger partial charge in [-0.05, 0) is 18.9 Å². The first-order valence-electron chi connectivity index (χ1n) is 14.9. The number of hydrogen-bond acceptors (Lipinski definition) is 9. The number of methoxy groups -OCH3 is 1. The Morgan fingerprint density at radius 1 is 0.976 bits per heavy atom. The average Bonchev–Trinajstić information content (AvgIpc) is 2.92. The van der Waals surface area contributed by atoms with Crippen molar-refractivity contribution in [1.82, 2.24) is 5.32 Å². The molecule has 5 atom stereocenters. The first-order valence-corrected chi connectivity index (χ1v) is 14.9. The number of amides is 1. The number of nitrogens with one attached hydrogen (secondary N) is 1. The molecule has 0 spiro atoms. The van der Waals surface area contributed by atoms with Crippen LogP contribution in [0.3, 0.4) is 0 Å². The van der Waals surface area contributed by atoms with Crippen LogP contribution in [-0.2, 0) is 38.1 Å². The summed E-state index contributed by atoms with van der Waals surface area (Å²) in [5, 5.41) is 12.4. The minimum atomic E-state index is -1.40. The van der Waals surface area contributed by atoms with E-state index in [2.05, 4.69) is 24.2 Å². The first-order chi connectivity index (χ1) is 20.0. The number of unbranched alkanes of at least 4 members (excludes halogenated alkanes) is 8. The predicted octanol–water partition coefficient (Wildman–Crippen LogP) is 2.69. The molecule has 1 aliphatic rings. The highest BCUT2D eigenvalue weighted by molar-refractivity contribution is 5.85. The van der Waals surface area contributed by atoms with Gasteiger partial charge in [0.25, 0.3) is 0 Å². The highest BCUT2D eigenvalue weighted by atomic mass is 16.6. The fourth-order valence-electron chi connectivity index (χ4n) is 4.71. The standard InChI is InChI=1S/C29H50N4O9/c1-5-7-9-11-13-15-23(35)40-18-22(41-24(36)16-14-12-10-8-6-2)26(39-4)27-25(32-19(3)34)20(33-29(30)31)17-21(42-27)28(37)38/h17,20,22,25-27H,5-16,18H2,1-4H3,(H,32,34)(H,37,38)(H4,30,31,33)/t20-,22+,25+,26+,27+/m0/s1. The lowest BCUT2D eigenvalue weighted by Gasteiger charge is -2.40. The summed E-state index contributed by atoms with van der Waals surface area (Å²) >= 11 is 0. The summed E-state index contributed by atoms with van der Waals surface area (Å²) in [7, 11) is 1.31.